The molecule has 34 heavy (non-hydrogen) atoms. The van der Waals surface area contributed by atoms with Gasteiger partial charge in [0.15, 0.2) is 0 Å². The van der Waals surface area contributed by atoms with E-state index < -0.39 is 0 Å². The molecule has 0 saturated heterocycles. The predicted molar refractivity (Wildman–Crippen MR) is 137 cm³/mol. The number of carbonyl (C=O) groups excluding carboxylic acids is 1. The fraction of sp³-hybridized carbons (Fsp3) is 0.179. The van der Waals surface area contributed by atoms with Crippen LogP contribution < -0.4 is 15.4 Å². The van der Waals surface area contributed by atoms with Gasteiger partial charge >= 0.3 is 0 Å². The van der Waals surface area contributed by atoms with Crippen LogP contribution in [0.25, 0.3) is 11.3 Å². The van der Waals surface area contributed by atoms with E-state index >= 15 is 0 Å². The van der Waals surface area contributed by atoms with E-state index in [0.29, 0.717) is 35.4 Å². The van der Waals surface area contributed by atoms with Gasteiger partial charge in [0.25, 0.3) is 5.91 Å². The average Bonchev–Trinajstić information content (AvgIpc) is 2.83. The first kappa shape index (κ1) is 23.0. The first-order valence-electron chi connectivity index (χ1n) is 11.3. The summed E-state index contributed by atoms with van der Waals surface area (Å²) in [5.74, 6) is 2.38. The molecule has 4 rings (SSSR count). The van der Waals surface area contributed by atoms with Crippen LogP contribution in [0.4, 0.5) is 17.2 Å². The second-order valence-corrected chi connectivity index (χ2v) is 8.44. The Balaban J connectivity index is 1.44. The molecule has 4 aromatic rings. The maximum atomic E-state index is 12.7. The number of carbonyl (C=O) groups is 1. The number of ether oxygens (including phenoxy) is 1. The van der Waals surface area contributed by atoms with Gasteiger partial charge in [0.2, 0.25) is 0 Å². The zero-order valence-corrected chi connectivity index (χ0v) is 19.6. The Labute approximate surface area is 200 Å². The fourth-order valence-corrected chi connectivity index (χ4v) is 3.38. The van der Waals surface area contributed by atoms with Crippen molar-refractivity contribution in [2.75, 3.05) is 17.2 Å². The number of nitrogens with one attached hydrogen (secondary N) is 2. The lowest BCUT2D eigenvalue weighted by Gasteiger charge is -2.11. The molecule has 1 aromatic heterocycles. The summed E-state index contributed by atoms with van der Waals surface area (Å²) in [6, 6.07) is 26.6. The van der Waals surface area contributed by atoms with Crippen molar-refractivity contribution in [3.63, 3.8) is 0 Å². The highest BCUT2D eigenvalue weighted by Gasteiger charge is 2.09. The number of aryl methyl sites for hydroxylation is 1. The van der Waals surface area contributed by atoms with Gasteiger partial charge in [-0.2, -0.15) is 0 Å². The first-order valence-corrected chi connectivity index (χ1v) is 11.3. The lowest BCUT2D eigenvalue weighted by Crippen LogP contribution is -2.12. The summed E-state index contributed by atoms with van der Waals surface area (Å²) in [5.41, 5.74) is 3.93. The van der Waals surface area contributed by atoms with Crippen molar-refractivity contribution in [2.45, 2.75) is 20.8 Å². The van der Waals surface area contributed by atoms with Crippen LogP contribution in [0.2, 0.25) is 0 Å². The summed E-state index contributed by atoms with van der Waals surface area (Å²) in [4.78, 5) is 21.8. The Morgan fingerprint density at radius 1 is 0.882 bits per heavy atom. The highest BCUT2D eigenvalue weighted by Crippen LogP contribution is 2.24. The number of benzene rings is 3. The van der Waals surface area contributed by atoms with Crippen LogP contribution in [-0.4, -0.2) is 22.5 Å². The molecule has 0 bridgehead atoms. The van der Waals surface area contributed by atoms with E-state index in [1.165, 1.54) is 0 Å². The average molecular weight is 453 g/mol. The van der Waals surface area contributed by atoms with Crippen LogP contribution in [0.5, 0.6) is 5.75 Å². The van der Waals surface area contributed by atoms with Crippen molar-refractivity contribution in [1.29, 1.82) is 0 Å². The monoisotopic (exact) mass is 452 g/mol. The normalized spacial score (nSPS) is 10.7. The minimum Gasteiger partial charge on any atom is -0.493 e. The molecule has 172 valence electrons. The second-order valence-electron chi connectivity index (χ2n) is 8.44. The summed E-state index contributed by atoms with van der Waals surface area (Å²) < 4.78 is 5.69. The van der Waals surface area contributed by atoms with Crippen molar-refractivity contribution in [2.24, 2.45) is 5.92 Å². The number of hydrogen-bond donors (Lipinski definition) is 2. The third-order valence-electron chi connectivity index (χ3n) is 5.00. The molecule has 0 fully saturated rings. The third-order valence-corrected chi connectivity index (χ3v) is 5.00. The summed E-state index contributed by atoms with van der Waals surface area (Å²) in [6.07, 6.45) is 0. The Hall–Kier alpha value is -4.19. The Bertz CT molecular complexity index is 1260. The summed E-state index contributed by atoms with van der Waals surface area (Å²) >= 11 is 0. The number of rotatable bonds is 8. The van der Waals surface area contributed by atoms with Gasteiger partial charge in [-0.05, 0) is 55.3 Å². The maximum absolute atomic E-state index is 12.7. The van der Waals surface area contributed by atoms with Crippen LogP contribution in [-0.2, 0) is 0 Å². The molecular weight excluding hydrogens is 424 g/mol. The molecule has 0 aliphatic rings. The number of amides is 1. The van der Waals surface area contributed by atoms with E-state index in [-0.39, 0.29) is 5.91 Å². The Morgan fingerprint density at radius 3 is 2.35 bits per heavy atom. The molecule has 0 aliphatic carbocycles. The van der Waals surface area contributed by atoms with Gasteiger partial charge in [-0.1, -0.05) is 50.2 Å². The molecule has 0 saturated carbocycles. The van der Waals surface area contributed by atoms with Gasteiger partial charge < -0.3 is 15.4 Å². The maximum Gasteiger partial charge on any atom is 0.255 e. The molecule has 2 N–H and O–H groups in total. The zero-order chi connectivity index (χ0) is 23.9. The molecule has 0 atom stereocenters. The van der Waals surface area contributed by atoms with Crippen molar-refractivity contribution in [3.05, 3.63) is 96.3 Å². The molecule has 0 radical (unpaired) electrons. The second kappa shape index (κ2) is 10.6. The molecular formula is C28H28N4O2. The standard InChI is InChI=1S/C28H28N4O2/c1-19(2)18-34-25-14-12-22(13-15-25)28(33)32-24-11-7-10-23(16-24)31-27-17-26(29-20(3)30-27)21-8-5-4-6-9-21/h4-17,19H,18H2,1-3H3,(H,32,33)(H,29,30,31). The molecule has 1 heterocycles. The molecule has 6 nitrogen and oxygen atoms in total. The first-order chi connectivity index (χ1) is 16.5. The van der Waals surface area contributed by atoms with E-state index in [1.807, 2.05) is 79.7 Å². The lowest BCUT2D eigenvalue weighted by molar-refractivity contribution is 0.102. The SMILES string of the molecule is Cc1nc(Nc2cccc(NC(=O)c3ccc(OCC(C)C)cc3)c2)cc(-c2ccccc2)n1. The summed E-state index contributed by atoms with van der Waals surface area (Å²) in [5, 5.41) is 6.27. The van der Waals surface area contributed by atoms with Gasteiger partial charge in [0, 0.05) is 28.6 Å². The van der Waals surface area contributed by atoms with Crippen LogP contribution in [0, 0.1) is 12.8 Å². The highest BCUT2D eigenvalue weighted by molar-refractivity contribution is 6.04. The number of hydrogen-bond acceptors (Lipinski definition) is 5. The lowest BCUT2D eigenvalue weighted by atomic mass is 10.1. The van der Waals surface area contributed by atoms with E-state index in [0.717, 1.165) is 22.7 Å². The predicted octanol–water partition coefficient (Wildman–Crippen LogP) is 6.48. The van der Waals surface area contributed by atoms with E-state index in [2.05, 4.69) is 34.4 Å². The van der Waals surface area contributed by atoms with Crippen LogP contribution in [0.3, 0.4) is 0 Å². The minimum absolute atomic E-state index is 0.184. The fourth-order valence-electron chi connectivity index (χ4n) is 3.38. The number of aromatic nitrogens is 2. The minimum atomic E-state index is -0.184. The van der Waals surface area contributed by atoms with E-state index in [4.69, 9.17) is 4.74 Å². The third kappa shape index (κ3) is 6.19. The summed E-state index contributed by atoms with van der Waals surface area (Å²) in [6.45, 7) is 6.70. The molecule has 1 amide bonds. The van der Waals surface area contributed by atoms with Gasteiger partial charge in [-0.3, -0.25) is 4.79 Å². The van der Waals surface area contributed by atoms with E-state index in [9.17, 15) is 4.79 Å². The van der Waals surface area contributed by atoms with E-state index in [1.54, 1.807) is 12.1 Å². The highest BCUT2D eigenvalue weighted by atomic mass is 16.5. The largest absolute Gasteiger partial charge is 0.493 e. The van der Waals surface area contributed by atoms with Crippen LogP contribution in [0.1, 0.15) is 30.0 Å². The van der Waals surface area contributed by atoms with Crippen LogP contribution >= 0.6 is 0 Å². The number of nitrogens with zero attached hydrogens (tertiary/aromatic N) is 2. The van der Waals surface area contributed by atoms with Crippen molar-refractivity contribution >= 4 is 23.1 Å². The number of anilines is 3. The molecule has 0 unspecified atom stereocenters. The van der Waals surface area contributed by atoms with Crippen LogP contribution in [0.15, 0.2) is 84.9 Å². The molecule has 0 aliphatic heterocycles. The van der Waals surface area contributed by atoms with Crippen molar-refractivity contribution in [1.82, 2.24) is 9.97 Å². The Kier molecular flexibility index (Phi) is 7.18. The van der Waals surface area contributed by atoms with Crippen molar-refractivity contribution in [3.8, 4) is 17.0 Å². The van der Waals surface area contributed by atoms with Gasteiger partial charge in [-0.15, -0.1) is 0 Å². The molecule has 0 spiro atoms. The quantitative estimate of drug-likeness (QED) is 0.320. The van der Waals surface area contributed by atoms with Gasteiger partial charge in [0.05, 0.1) is 12.3 Å². The van der Waals surface area contributed by atoms with Crippen molar-refractivity contribution < 1.29 is 9.53 Å². The topological polar surface area (TPSA) is 76.1 Å². The van der Waals surface area contributed by atoms with Gasteiger partial charge in [0.1, 0.15) is 17.4 Å². The Morgan fingerprint density at radius 2 is 1.62 bits per heavy atom. The molecule has 6 heteroatoms. The zero-order valence-electron chi connectivity index (χ0n) is 19.6. The summed E-state index contributed by atoms with van der Waals surface area (Å²) in [7, 11) is 0. The smallest absolute Gasteiger partial charge is 0.255 e. The molecule has 3 aromatic carbocycles. The van der Waals surface area contributed by atoms with Gasteiger partial charge in [-0.25, -0.2) is 9.97 Å².